The summed E-state index contributed by atoms with van der Waals surface area (Å²) in [6.45, 7) is 2.58. The summed E-state index contributed by atoms with van der Waals surface area (Å²) >= 11 is 5.86. The molecule has 0 saturated heterocycles. The lowest BCUT2D eigenvalue weighted by atomic mass is 10.0. The van der Waals surface area contributed by atoms with Crippen molar-refractivity contribution in [2.24, 2.45) is 0 Å². The molecule has 0 fully saturated rings. The Labute approximate surface area is 181 Å². The smallest absolute Gasteiger partial charge is 0.261 e. The second-order valence-corrected chi connectivity index (χ2v) is 9.45. The van der Waals surface area contributed by atoms with Crippen LogP contribution >= 0.6 is 11.6 Å². The van der Waals surface area contributed by atoms with E-state index >= 15 is 0 Å². The van der Waals surface area contributed by atoms with E-state index < -0.39 is 10.0 Å². The summed E-state index contributed by atoms with van der Waals surface area (Å²) in [7, 11) is -3.75. The lowest BCUT2D eigenvalue weighted by molar-refractivity contribution is 0.0985. The third-order valence-corrected chi connectivity index (χ3v) is 6.75. The first kappa shape index (κ1) is 20.4. The highest BCUT2D eigenvalue weighted by molar-refractivity contribution is 7.92. The van der Waals surface area contributed by atoms with Crippen molar-refractivity contribution >= 4 is 38.9 Å². The molecule has 1 aliphatic heterocycles. The van der Waals surface area contributed by atoms with Gasteiger partial charge in [0.25, 0.3) is 15.9 Å². The topological polar surface area (TPSA) is 66.5 Å². The number of rotatable bonds is 4. The third-order valence-electron chi connectivity index (χ3n) is 5.12. The molecule has 3 aromatic carbocycles. The van der Waals surface area contributed by atoms with E-state index in [1.54, 1.807) is 41.3 Å². The van der Waals surface area contributed by atoms with Gasteiger partial charge in [-0.25, -0.2) is 8.42 Å². The molecule has 1 amide bonds. The van der Waals surface area contributed by atoms with E-state index in [0.29, 0.717) is 22.8 Å². The second-order valence-electron chi connectivity index (χ2n) is 7.33. The average Bonchev–Trinajstić information content (AvgIpc) is 2.74. The summed E-state index contributed by atoms with van der Waals surface area (Å²) in [5, 5.41) is 0.532. The maximum Gasteiger partial charge on any atom is 0.261 e. The summed E-state index contributed by atoms with van der Waals surface area (Å²) in [4.78, 5) is 14.9. The van der Waals surface area contributed by atoms with E-state index in [2.05, 4.69) is 4.72 Å². The van der Waals surface area contributed by atoms with Crippen LogP contribution < -0.4 is 9.62 Å². The number of hydrogen-bond donors (Lipinski definition) is 1. The van der Waals surface area contributed by atoms with Crippen molar-refractivity contribution in [2.75, 3.05) is 16.2 Å². The van der Waals surface area contributed by atoms with Crippen LogP contribution in [0.15, 0.2) is 71.6 Å². The highest BCUT2D eigenvalue weighted by atomic mass is 35.5. The number of halogens is 1. The van der Waals surface area contributed by atoms with Crippen molar-refractivity contribution in [1.82, 2.24) is 0 Å². The van der Waals surface area contributed by atoms with E-state index in [4.69, 9.17) is 11.6 Å². The molecule has 0 spiro atoms. The molecule has 3 aromatic rings. The normalized spacial score (nSPS) is 13.6. The fourth-order valence-electron chi connectivity index (χ4n) is 3.54. The third kappa shape index (κ3) is 4.20. The minimum atomic E-state index is -3.75. The summed E-state index contributed by atoms with van der Waals surface area (Å²) < 4.78 is 28.2. The molecule has 1 N–H and O–H groups in total. The Morgan fingerprint density at radius 1 is 1.00 bits per heavy atom. The highest BCUT2D eigenvalue weighted by Gasteiger charge is 2.25. The SMILES string of the molecule is Cc1ccc(C(=O)N2CCCc3cc(S(=O)(=O)Nc4ccc(Cl)cc4)ccc32)cc1. The molecule has 0 aromatic heterocycles. The van der Waals surface area contributed by atoms with Gasteiger partial charge >= 0.3 is 0 Å². The van der Waals surface area contributed by atoms with Gasteiger partial charge in [-0.2, -0.15) is 0 Å². The summed E-state index contributed by atoms with van der Waals surface area (Å²) in [5.74, 6) is -0.0779. The molecule has 7 heteroatoms. The molecule has 0 unspecified atom stereocenters. The Bertz CT molecular complexity index is 1190. The number of nitrogens with one attached hydrogen (secondary N) is 1. The fraction of sp³-hybridized carbons (Fsp3) is 0.174. The van der Waals surface area contributed by atoms with Crippen molar-refractivity contribution in [3.05, 3.63) is 88.4 Å². The minimum absolute atomic E-state index is 0.0779. The van der Waals surface area contributed by atoms with E-state index in [0.717, 1.165) is 29.7 Å². The molecule has 1 heterocycles. The number of aryl methyl sites for hydroxylation is 2. The van der Waals surface area contributed by atoms with Gasteiger partial charge in [-0.05, 0) is 79.9 Å². The van der Waals surface area contributed by atoms with Crippen LogP contribution in [0.2, 0.25) is 5.02 Å². The monoisotopic (exact) mass is 440 g/mol. The van der Waals surface area contributed by atoms with E-state index in [1.165, 1.54) is 6.07 Å². The number of amides is 1. The van der Waals surface area contributed by atoms with Crippen molar-refractivity contribution < 1.29 is 13.2 Å². The van der Waals surface area contributed by atoms with Crippen molar-refractivity contribution in [2.45, 2.75) is 24.7 Å². The minimum Gasteiger partial charge on any atom is -0.308 e. The molecular weight excluding hydrogens is 420 g/mol. The molecule has 0 bridgehead atoms. The number of anilines is 2. The van der Waals surface area contributed by atoms with Crippen molar-refractivity contribution in [3.8, 4) is 0 Å². The Hall–Kier alpha value is -2.83. The zero-order chi connectivity index (χ0) is 21.3. The maximum atomic E-state index is 13.0. The number of carbonyl (C=O) groups excluding carboxylic acids is 1. The van der Waals surface area contributed by atoms with Gasteiger partial charge in [0, 0.05) is 28.5 Å². The standard InChI is InChI=1S/C23H21ClN2O3S/c1-16-4-6-17(7-5-16)23(27)26-14-2-3-18-15-21(12-13-22(18)26)30(28,29)25-20-10-8-19(24)9-11-20/h4-13,15,25H,2-3,14H2,1H3. The van der Waals surface area contributed by atoms with Gasteiger partial charge in [-0.3, -0.25) is 9.52 Å². The Kier molecular flexibility index (Phi) is 5.54. The molecule has 154 valence electrons. The van der Waals surface area contributed by atoms with Crippen LogP contribution in [0.3, 0.4) is 0 Å². The van der Waals surface area contributed by atoms with Gasteiger partial charge in [-0.1, -0.05) is 29.3 Å². The maximum absolute atomic E-state index is 13.0. The molecule has 0 saturated carbocycles. The molecule has 30 heavy (non-hydrogen) atoms. The molecule has 1 aliphatic rings. The number of benzene rings is 3. The van der Waals surface area contributed by atoms with Crippen molar-refractivity contribution in [3.63, 3.8) is 0 Å². The number of sulfonamides is 1. The Balaban J connectivity index is 1.62. The molecular formula is C23H21ClN2O3S. The predicted molar refractivity (Wildman–Crippen MR) is 120 cm³/mol. The number of fused-ring (bicyclic) bond motifs is 1. The first-order valence-electron chi connectivity index (χ1n) is 9.63. The zero-order valence-corrected chi connectivity index (χ0v) is 18.0. The Morgan fingerprint density at radius 3 is 2.40 bits per heavy atom. The Morgan fingerprint density at radius 2 is 1.70 bits per heavy atom. The van der Waals surface area contributed by atoms with E-state index in [9.17, 15) is 13.2 Å². The largest absolute Gasteiger partial charge is 0.308 e. The first-order valence-corrected chi connectivity index (χ1v) is 11.5. The van der Waals surface area contributed by atoms with Gasteiger partial charge in [0.05, 0.1) is 4.90 Å². The molecule has 5 nitrogen and oxygen atoms in total. The van der Waals surface area contributed by atoms with Gasteiger partial charge in [0.1, 0.15) is 0 Å². The fourth-order valence-corrected chi connectivity index (χ4v) is 4.77. The predicted octanol–water partition coefficient (Wildman–Crippen LogP) is 5.04. The van der Waals surface area contributed by atoms with Crippen LogP contribution in [-0.4, -0.2) is 20.9 Å². The summed E-state index contributed by atoms with van der Waals surface area (Å²) in [5.41, 5.74) is 3.76. The highest BCUT2D eigenvalue weighted by Crippen LogP contribution is 2.31. The van der Waals surface area contributed by atoms with Gasteiger partial charge in [0.15, 0.2) is 0 Å². The average molecular weight is 441 g/mol. The number of nitrogens with zero attached hydrogens (tertiary/aromatic N) is 1. The number of hydrogen-bond acceptors (Lipinski definition) is 3. The van der Waals surface area contributed by atoms with E-state index in [-0.39, 0.29) is 10.8 Å². The second kappa shape index (κ2) is 8.13. The van der Waals surface area contributed by atoms with Crippen LogP contribution in [0.1, 0.15) is 27.9 Å². The molecule has 4 rings (SSSR count). The van der Waals surface area contributed by atoms with Gasteiger partial charge in [0.2, 0.25) is 0 Å². The summed E-state index contributed by atoms with van der Waals surface area (Å²) in [6.07, 6.45) is 1.50. The van der Waals surface area contributed by atoms with Crippen LogP contribution in [0.5, 0.6) is 0 Å². The van der Waals surface area contributed by atoms with Crippen molar-refractivity contribution in [1.29, 1.82) is 0 Å². The van der Waals surface area contributed by atoms with E-state index in [1.807, 2.05) is 31.2 Å². The van der Waals surface area contributed by atoms with Gasteiger partial charge < -0.3 is 4.90 Å². The molecule has 0 atom stereocenters. The summed E-state index contributed by atoms with van der Waals surface area (Å²) in [6, 6.07) is 18.9. The quantitative estimate of drug-likeness (QED) is 0.617. The first-order chi connectivity index (χ1) is 14.3. The van der Waals surface area contributed by atoms with Crippen LogP contribution in [0, 0.1) is 6.92 Å². The number of carbonyl (C=O) groups is 1. The van der Waals surface area contributed by atoms with Crippen LogP contribution in [-0.2, 0) is 16.4 Å². The van der Waals surface area contributed by atoms with Crippen LogP contribution in [0.25, 0.3) is 0 Å². The molecule has 0 aliphatic carbocycles. The van der Waals surface area contributed by atoms with Crippen LogP contribution in [0.4, 0.5) is 11.4 Å². The van der Waals surface area contributed by atoms with Gasteiger partial charge in [-0.15, -0.1) is 0 Å². The zero-order valence-electron chi connectivity index (χ0n) is 16.4. The molecule has 0 radical (unpaired) electrons. The lowest BCUT2D eigenvalue weighted by Gasteiger charge is -2.30. The lowest BCUT2D eigenvalue weighted by Crippen LogP contribution is -2.35.